The fourth-order valence-electron chi connectivity index (χ4n) is 1.86. The lowest BCUT2D eigenvalue weighted by molar-refractivity contribution is 0.153. The van der Waals surface area contributed by atoms with Crippen molar-refractivity contribution in [3.05, 3.63) is 16.9 Å². The Labute approximate surface area is 102 Å². The minimum absolute atomic E-state index is 0.480. The Morgan fingerprint density at radius 1 is 1.38 bits per heavy atom. The summed E-state index contributed by atoms with van der Waals surface area (Å²) in [6, 6.07) is 0. The second-order valence-corrected chi connectivity index (χ2v) is 4.47. The summed E-state index contributed by atoms with van der Waals surface area (Å²) in [4.78, 5) is 0. The normalized spacial score (nSPS) is 13.0. The van der Waals surface area contributed by atoms with Gasteiger partial charge in [0.05, 0.1) is 23.0 Å². The van der Waals surface area contributed by atoms with Crippen LogP contribution >= 0.6 is 11.6 Å². The lowest BCUT2D eigenvalue weighted by atomic mass is 10.1. The van der Waals surface area contributed by atoms with Crippen molar-refractivity contribution in [3.8, 4) is 0 Å². The topological polar surface area (TPSA) is 38.1 Å². The molecule has 1 aromatic heterocycles. The molecule has 0 aliphatic heterocycles. The van der Waals surface area contributed by atoms with Crippen LogP contribution in [-0.2, 0) is 6.54 Å². The number of aliphatic hydroxyl groups is 1. The Balaban J connectivity index is 2.51. The van der Waals surface area contributed by atoms with Crippen molar-refractivity contribution in [1.82, 2.24) is 9.78 Å². The number of hydrogen-bond acceptors (Lipinski definition) is 2. The van der Waals surface area contributed by atoms with Crippen LogP contribution in [0.15, 0.2) is 6.20 Å². The van der Waals surface area contributed by atoms with Crippen molar-refractivity contribution in [1.29, 1.82) is 0 Å². The fraction of sp³-hybridized carbons (Fsp3) is 0.750. The van der Waals surface area contributed by atoms with Crippen molar-refractivity contribution in [2.24, 2.45) is 0 Å². The van der Waals surface area contributed by atoms with E-state index in [-0.39, 0.29) is 0 Å². The molecule has 0 saturated heterocycles. The number of hydrogen-bond donors (Lipinski definition) is 1. The standard InChI is InChI=1S/C12H21ClN2O/c1-3-5-6-7-8-11(16)12-10(13)9-14-15(12)4-2/h9,11,16H,3-8H2,1-2H3. The molecular formula is C12H21ClN2O. The Kier molecular flexibility index (Phi) is 5.85. The lowest BCUT2D eigenvalue weighted by Gasteiger charge is -2.12. The molecule has 0 spiro atoms. The number of halogens is 1. The SMILES string of the molecule is CCCCCCC(O)c1c(Cl)cnn1CC. The van der Waals surface area contributed by atoms with E-state index in [1.165, 1.54) is 19.3 Å². The fourth-order valence-corrected chi connectivity index (χ4v) is 2.12. The number of rotatable bonds is 7. The maximum atomic E-state index is 10.1. The summed E-state index contributed by atoms with van der Waals surface area (Å²) in [5.41, 5.74) is 0.765. The van der Waals surface area contributed by atoms with Crippen LogP contribution in [0, 0.1) is 0 Å². The van der Waals surface area contributed by atoms with Crippen molar-refractivity contribution in [2.75, 3.05) is 0 Å². The third-order valence-corrected chi connectivity index (χ3v) is 3.07. The summed E-state index contributed by atoms with van der Waals surface area (Å²) in [5.74, 6) is 0. The average molecular weight is 245 g/mol. The first-order valence-corrected chi connectivity index (χ1v) is 6.47. The van der Waals surface area contributed by atoms with Crippen LogP contribution in [0.5, 0.6) is 0 Å². The van der Waals surface area contributed by atoms with Crippen LogP contribution in [0.25, 0.3) is 0 Å². The molecule has 0 aromatic carbocycles. The predicted molar refractivity (Wildman–Crippen MR) is 66.6 cm³/mol. The molecule has 0 amide bonds. The van der Waals surface area contributed by atoms with Gasteiger partial charge in [0, 0.05) is 6.54 Å². The summed E-state index contributed by atoms with van der Waals surface area (Å²) >= 11 is 6.02. The lowest BCUT2D eigenvalue weighted by Crippen LogP contribution is -2.08. The third-order valence-electron chi connectivity index (χ3n) is 2.78. The molecule has 0 saturated carbocycles. The monoisotopic (exact) mass is 244 g/mol. The number of aryl methyl sites for hydroxylation is 1. The van der Waals surface area contributed by atoms with Gasteiger partial charge in [0.2, 0.25) is 0 Å². The van der Waals surface area contributed by atoms with E-state index in [4.69, 9.17) is 11.6 Å². The Morgan fingerprint density at radius 3 is 2.75 bits per heavy atom. The van der Waals surface area contributed by atoms with Crippen LogP contribution in [0.4, 0.5) is 0 Å². The Morgan fingerprint density at radius 2 is 2.12 bits per heavy atom. The highest BCUT2D eigenvalue weighted by molar-refractivity contribution is 6.31. The van der Waals surface area contributed by atoms with Crippen molar-refractivity contribution < 1.29 is 5.11 Å². The maximum Gasteiger partial charge on any atom is 0.0971 e. The van der Waals surface area contributed by atoms with Crippen LogP contribution in [0.2, 0.25) is 5.02 Å². The van der Waals surface area contributed by atoms with Gasteiger partial charge in [-0.3, -0.25) is 4.68 Å². The molecule has 1 N–H and O–H groups in total. The first-order chi connectivity index (χ1) is 7.70. The highest BCUT2D eigenvalue weighted by atomic mass is 35.5. The van der Waals surface area contributed by atoms with Crippen LogP contribution < -0.4 is 0 Å². The summed E-state index contributed by atoms with van der Waals surface area (Å²) in [5, 5.41) is 14.8. The smallest absolute Gasteiger partial charge is 0.0971 e. The largest absolute Gasteiger partial charge is 0.387 e. The minimum atomic E-state index is -0.480. The average Bonchev–Trinajstić information content (AvgIpc) is 2.65. The van der Waals surface area contributed by atoms with Crippen LogP contribution in [-0.4, -0.2) is 14.9 Å². The minimum Gasteiger partial charge on any atom is -0.387 e. The van der Waals surface area contributed by atoms with E-state index >= 15 is 0 Å². The summed E-state index contributed by atoms with van der Waals surface area (Å²) < 4.78 is 1.77. The van der Waals surface area contributed by atoms with E-state index in [1.807, 2.05) is 6.92 Å². The van der Waals surface area contributed by atoms with Gasteiger partial charge in [-0.15, -0.1) is 0 Å². The van der Waals surface area contributed by atoms with Crippen molar-refractivity contribution >= 4 is 11.6 Å². The van der Waals surface area contributed by atoms with Crippen molar-refractivity contribution in [2.45, 2.75) is 58.6 Å². The van der Waals surface area contributed by atoms with E-state index in [1.54, 1.807) is 10.9 Å². The zero-order chi connectivity index (χ0) is 12.0. The van der Waals surface area contributed by atoms with Gasteiger partial charge in [0.1, 0.15) is 0 Å². The molecule has 0 bridgehead atoms. The zero-order valence-corrected chi connectivity index (χ0v) is 10.9. The molecule has 16 heavy (non-hydrogen) atoms. The van der Waals surface area contributed by atoms with Crippen molar-refractivity contribution in [3.63, 3.8) is 0 Å². The summed E-state index contributed by atoms with van der Waals surface area (Å²) in [6.07, 6.45) is 6.55. The molecular weight excluding hydrogens is 224 g/mol. The summed E-state index contributed by atoms with van der Waals surface area (Å²) in [7, 11) is 0. The molecule has 1 unspecified atom stereocenters. The molecule has 4 heteroatoms. The van der Waals surface area contributed by atoms with Gasteiger partial charge >= 0.3 is 0 Å². The van der Waals surface area contributed by atoms with Gasteiger partial charge in [-0.05, 0) is 13.3 Å². The molecule has 92 valence electrons. The third kappa shape index (κ3) is 3.49. The number of unbranched alkanes of at least 4 members (excludes halogenated alkanes) is 3. The molecule has 1 heterocycles. The highest BCUT2D eigenvalue weighted by Crippen LogP contribution is 2.26. The summed E-state index contributed by atoms with van der Waals surface area (Å²) in [6.45, 7) is 4.92. The van der Waals surface area contributed by atoms with Gasteiger partial charge in [0.15, 0.2) is 0 Å². The quantitative estimate of drug-likeness (QED) is 0.745. The van der Waals surface area contributed by atoms with Gasteiger partial charge in [-0.1, -0.05) is 44.2 Å². The Bertz CT molecular complexity index is 312. The zero-order valence-electron chi connectivity index (χ0n) is 10.1. The molecule has 1 atom stereocenters. The second-order valence-electron chi connectivity index (χ2n) is 4.06. The van der Waals surface area contributed by atoms with Crippen LogP contribution in [0.3, 0.4) is 0 Å². The number of nitrogens with zero attached hydrogens (tertiary/aromatic N) is 2. The van der Waals surface area contributed by atoms with Gasteiger partial charge in [0.25, 0.3) is 0 Å². The highest BCUT2D eigenvalue weighted by Gasteiger charge is 2.16. The molecule has 1 rings (SSSR count). The number of aliphatic hydroxyl groups excluding tert-OH is 1. The Hall–Kier alpha value is -0.540. The van der Waals surface area contributed by atoms with Gasteiger partial charge < -0.3 is 5.11 Å². The van der Waals surface area contributed by atoms with Gasteiger partial charge in [-0.25, -0.2) is 0 Å². The molecule has 0 aliphatic rings. The van der Waals surface area contributed by atoms with E-state index in [2.05, 4.69) is 12.0 Å². The first-order valence-electron chi connectivity index (χ1n) is 6.10. The van der Waals surface area contributed by atoms with E-state index < -0.39 is 6.10 Å². The molecule has 0 aliphatic carbocycles. The van der Waals surface area contributed by atoms with E-state index in [0.29, 0.717) is 5.02 Å². The van der Waals surface area contributed by atoms with Gasteiger partial charge in [-0.2, -0.15) is 5.10 Å². The van der Waals surface area contributed by atoms with E-state index in [0.717, 1.165) is 25.1 Å². The molecule has 1 aromatic rings. The second kappa shape index (κ2) is 6.92. The first kappa shape index (κ1) is 13.5. The van der Waals surface area contributed by atoms with Crippen LogP contribution in [0.1, 0.15) is 57.7 Å². The molecule has 3 nitrogen and oxygen atoms in total. The van der Waals surface area contributed by atoms with E-state index in [9.17, 15) is 5.11 Å². The predicted octanol–water partition coefficient (Wildman–Crippen LogP) is 3.56. The molecule has 0 fully saturated rings. The molecule has 0 radical (unpaired) electrons. The maximum absolute atomic E-state index is 10.1. The number of aromatic nitrogens is 2.